The monoisotopic (exact) mass is 442 g/mol. The number of hydrogen-bond donors (Lipinski definition) is 1. The molecule has 1 aliphatic heterocycles. The molecule has 0 spiro atoms. The van der Waals surface area contributed by atoms with Crippen molar-refractivity contribution in [2.45, 2.75) is 32.9 Å². The van der Waals surface area contributed by atoms with Gasteiger partial charge >= 0.3 is 0 Å². The number of ether oxygens (including phenoxy) is 1. The van der Waals surface area contributed by atoms with Crippen LogP contribution in [0.1, 0.15) is 41.6 Å². The van der Waals surface area contributed by atoms with E-state index in [9.17, 15) is 14.7 Å². The quantitative estimate of drug-likeness (QED) is 0.323. The molecule has 1 aromatic heterocycles. The summed E-state index contributed by atoms with van der Waals surface area (Å²) in [6.45, 7) is 4.74. The average molecular weight is 443 g/mol. The zero-order valence-electron chi connectivity index (χ0n) is 18.7. The number of amides is 1. The minimum atomic E-state index is -0.746. The minimum absolute atomic E-state index is 0.0746. The molecular weight excluding hydrogens is 416 g/mol. The first kappa shape index (κ1) is 22.3. The van der Waals surface area contributed by atoms with Crippen LogP contribution >= 0.6 is 0 Å². The fourth-order valence-corrected chi connectivity index (χ4v) is 3.94. The lowest BCUT2D eigenvalue weighted by atomic mass is 9.94. The van der Waals surface area contributed by atoms with Crippen molar-refractivity contribution in [2.24, 2.45) is 0 Å². The van der Waals surface area contributed by atoms with Crippen LogP contribution in [-0.2, 0) is 16.1 Å². The fourth-order valence-electron chi connectivity index (χ4n) is 3.94. The summed E-state index contributed by atoms with van der Waals surface area (Å²) < 4.78 is 5.78. The zero-order chi connectivity index (χ0) is 23.4. The summed E-state index contributed by atoms with van der Waals surface area (Å²) in [4.78, 5) is 31.8. The Kier molecular flexibility index (Phi) is 6.54. The Labute approximate surface area is 193 Å². The van der Waals surface area contributed by atoms with Gasteiger partial charge in [-0.2, -0.15) is 0 Å². The smallest absolute Gasteiger partial charge is 0.295 e. The number of Topliss-reactive ketones (excluding diaryl/α,β-unsaturated/α-hetero) is 1. The lowest BCUT2D eigenvalue weighted by molar-refractivity contribution is -0.140. The molecule has 6 heteroatoms. The highest BCUT2D eigenvalue weighted by atomic mass is 16.5. The molecule has 33 heavy (non-hydrogen) atoms. The van der Waals surface area contributed by atoms with E-state index in [0.29, 0.717) is 23.5 Å². The standard InChI is InChI=1S/C27H26N2O4/c1-3-15-33-22-6-4-5-21(16-22)24-23(25(30)20-9-7-18(2)8-10-20)26(31)27(32)29(24)17-19-11-13-28-14-12-19/h4-14,16,24,30H,3,15,17H2,1-2H3. The highest BCUT2D eigenvalue weighted by molar-refractivity contribution is 6.46. The average Bonchev–Trinajstić information content (AvgIpc) is 3.08. The van der Waals surface area contributed by atoms with E-state index >= 15 is 0 Å². The first-order valence-corrected chi connectivity index (χ1v) is 11.0. The number of carbonyl (C=O) groups excluding carboxylic acids is 2. The van der Waals surface area contributed by atoms with Gasteiger partial charge in [-0.15, -0.1) is 0 Å². The van der Waals surface area contributed by atoms with Crippen molar-refractivity contribution in [2.75, 3.05) is 6.61 Å². The summed E-state index contributed by atoms with van der Waals surface area (Å²) in [6.07, 6.45) is 4.15. The molecule has 6 nitrogen and oxygen atoms in total. The Balaban J connectivity index is 1.84. The maximum absolute atomic E-state index is 13.2. The van der Waals surface area contributed by atoms with Crippen molar-refractivity contribution in [1.29, 1.82) is 0 Å². The van der Waals surface area contributed by atoms with E-state index in [-0.39, 0.29) is 17.9 Å². The van der Waals surface area contributed by atoms with Gasteiger partial charge in [0.2, 0.25) is 0 Å². The molecule has 0 bridgehead atoms. The second-order valence-corrected chi connectivity index (χ2v) is 8.07. The Morgan fingerprint density at radius 2 is 1.79 bits per heavy atom. The van der Waals surface area contributed by atoms with E-state index in [1.807, 2.05) is 50.2 Å². The Morgan fingerprint density at radius 1 is 1.06 bits per heavy atom. The van der Waals surface area contributed by atoms with E-state index in [1.54, 1.807) is 36.7 Å². The predicted octanol–water partition coefficient (Wildman–Crippen LogP) is 4.80. The molecule has 3 aromatic rings. The van der Waals surface area contributed by atoms with Crippen LogP contribution in [0.4, 0.5) is 0 Å². The van der Waals surface area contributed by atoms with Crippen molar-refractivity contribution >= 4 is 17.4 Å². The van der Waals surface area contributed by atoms with Crippen molar-refractivity contribution in [3.05, 3.63) is 101 Å². The summed E-state index contributed by atoms with van der Waals surface area (Å²) in [5, 5.41) is 11.2. The number of nitrogens with zero attached hydrogens (tertiary/aromatic N) is 2. The first-order valence-electron chi connectivity index (χ1n) is 11.0. The van der Waals surface area contributed by atoms with Crippen molar-refractivity contribution < 1.29 is 19.4 Å². The highest BCUT2D eigenvalue weighted by Crippen LogP contribution is 2.41. The zero-order valence-corrected chi connectivity index (χ0v) is 18.7. The molecule has 168 valence electrons. The lowest BCUT2D eigenvalue weighted by Gasteiger charge is -2.25. The van der Waals surface area contributed by atoms with Gasteiger partial charge in [0, 0.05) is 24.5 Å². The van der Waals surface area contributed by atoms with Crippen LogP contribution in [0.15, 0.2) is 78.6 Å². The second kappa shape index (κ2) is 9.69. The third kappa shape index (κ3) is 4.65. The summed E-state index contributed by atoms with van der Waals surface area (Å²) >= 11 is 0. The van der Waals surface area contributed by atoms with Gasteiger partial charge in [0.25, 0.3) is 11.7 Å². The molecule has 1 unspecified atom stereocenters. The third-order valence-electron chi connectivity index (χ3n) is 5.61. The van der Waals surface area contributed by atoms with E-state index in [4.69, 9.17) is 4.74 Å². The molecule has 1 aliphatic rings. The summed E-state index contributed by atoms with van der Waals surface area (Å²) in [7, 11) is 0. The van der Waals surface area contributed by atoms with E-state index in [1.165, 1.54) is 4.90 Å². The molecular formula is C27H26N2O4. The normalized spacial score (nSPS) is 17.4. The number of ketones is 1. The van der Waals surface area contributed by atoms with Gasteiger partial charge in [-0.25, -0.2) is 0 Å². The van der Waals surface area contributed by atoms with Gasteiger partial charge in [0.05, 0.1) is 18.2 Å². The van der Waals surface area contributed by atoms with Gasteiger partial charge in [0.15, 0.2) is 0 Å². The number of hydrogen-bond acceptors (Lipinski definition) is 5. The van der Waals surface area contributed by atoms with Crippen LogP contribution in [0.25, 0.3) is 5.76 Å². The Hall–Kier alpha value is -3.93. The molecule has 1 fully saturated rings. The maximum atomic E-state index is 13.2. The van der Waals surface area contributed by atoms with Crippen LogP contribution < -0.4 is 4.74 Å². The van der Waals surface area contributed by atoms with Gasteiger partial charge in [-0.1, -0.05) is 48.9 Å². The summed E-state index contributed by atoms with van der Waals surface area (Å²) in [5.74, 6) is -0.882. The number of likely N-dealkylation sites (tertiary alicyclic amines) is 1. The molecule has 0 radical (unpaired) electrons. The van der Waals surface area contributed by atoms with Crippen LogP contribution in [-0.4, -0.2) is 33.3 Å². The van der Waals surface area contributed by atoms with Gasteiger partial charge in [0.1, 0.15) is 11.5 Å². The summed E-state index contributed by atoms with van der Waals surface area (Å²) in [6, 6.07) is 17.4. The molecule has 0 aliphatic carbocycles. The van der Waals surface area contributed by atoms with Crippen LogP contribution in [0.2, 0.25) is 0 Å². The first-order chi connectivity index (χ1) is 16.0. The van der Waals surface area contributed by atoms with Gasteiger partial charge < -0.3 is 14.7 Å². The largest absolute Gasteiger partial charge is 0.507 e. The number of pyridine rings is 1. The van der Waals surface area contributed by atoms with Crippen LogP contribution in [0.3, 0.4) is 0 Å². The lowest BCUT2D eigenvalue weighted by Crippen LogP contribution is -2.29. The number of aryl methyl sites for hydroxylation is 1. The fraction of sp³-hybridized carbons (Fsp3) is 0.222. The molecule has 1 saturated heterocycles. The molecule has 0 saturated carbocycles. The molecule has 1 atom stereocenters. The number of aromatic nitrogens is 1. The van der Waals surface area contributed by atoms with Gasteiger partial charge in [-0.05, 0) is 48.7 Å². The Bertz CT molecular complexity index is 1190. The van der Waals surface area contributed by atoms with E-state index < -0.39 is 17.7 Å². The van der Waals surface area contributed by atoms with Crippen molar-refractivity contribution in [3.8, 4) is 5.75 Å². The molecule has 4 rings (SSSR count). The number of rotatable bonds is 7. The van der Waals surface area contributed by atoms with E-state index in [2.05, 4.69) is 4.98 Å². The van der Waals surface area contributed by atoms with E-state index in [0.717, 1.165) is 17.5 Å². The van der Waals surface area contributed by atoms with Crippen molar-refractivity contribution in [1.82, 2.24) is 9.88 Å². The number of aliphatic hydroxyl groups excluding tert-OH is 1. The number of carbonyl (C=O) groups is 2. The summed E-state index contributed by atoms with van der Waals surface area (Å²) in [5.41, 5.74) is 3.13. The predicted molar refractivity (Wildman–Crippen MR) is 125 cm³/mol. The SMILES string of the molecule is CCCOc1cccc(C2C(=C(O)c3ccc(C)cc3)C(=O)C(=O)N2Cc2ccncc2)c1. The molecule has 1 N–H and O–H groups in total. The molecule has 2 aromatic carbocycles. The minimum Gasteiger partial charge on any atom is -0.507 e. The Morgan fingerprint density at radius 3 is 2.48 bits per heavy atom. The van der Waals surface area contributed by atoms with Gasteiger partial charge in [-0.3, -0.25) is 14.6 Å². The number of aliphatic hydroxyl groups is 1. The molecule has 2 heterocycles. The molecule has 1 amide bonds. The van der Waals surface area contributed by atoms with Crippen LogP contribution in [0.5, 0.6) is 5.75 Å². The maximum Gasteiger partial charge on any atom is 0.295 e. The number of benzene rings is 2. The van der Waals surface area contributed by atoms with Crippen LogP contribution in [0, 0.1) is 6.92 Å². The van der Waals surface area contributed by atoms with Crippen molar-refractivity contribution in [3.63, 3.8) is 0 Å². The topological polar surface area (TPSA) is 79.7 Å². The second-order valence-electron chi connectivity index (χ2n) is 8.07. The third-order valence-corrected chi connectivity index (χ3v) is 5.61. The highest BCUT2D eigenvalue weighted by Gasteiger charge is 2.46.